The lowest BCUT2D eigenvalue weighted by molar-refractivity contribution is 0.0988. The van der Waals surface area contributed by atoms with Gasteiger partial charge in [0.2, 0.25) is 5.75 Å². The maximum atomic E-state index is 11.7. The highest BCUT2D eigenvalue weighted by atomic mass is 16.5. The quantitative estimate of drug-likeness (QED) is 0.757. The summed E-state index contributed by atoms with van der Waals surface area (Å²) in [6.45, 7) is 1.85. The summed E-state index contributed by atoms with van der Waals surface area (Å²) in [7, 11) is 4.76. The summed E-state index contributed by atoms with van der Waals surface area (Å²) in [5, 5.41) is 0. The number of hydrogen-bond donors (Lipinski definition) is 0. The van der Waals surface area contributed by atoms with Crippen molar-refractivity contribution in [1.29, 1.82) is 0 Å². The minimum Gasteiger partial charge on any atom is -0.493 e. The molecule has 4 heteroatoms. The van der Waals surface area contributed by atoms with E-state index in [1.54, 1.807) is 21.3 Å². The largest absolute Gasteiger partial charge is 0.493 e. The Labute approximate surface area is 130 Å². The maximum Gasteiger partial charge on any atom is 0.203 e. The van der Waals surface area contributed by atoms with Gasteiger partial charge >= 0.3 is 0 Å². The Balaban J connectivity index is 2.50. The molecule has 116 valence electrons. The lowest BCUT2D eigenvalue weighted by atomic mass is 10.0. The van der Waals surface area contributed by atoms with Crippen LogP contribution in [0.4, 0.5) is 0 Å². The smallest absolute Gasteiger partial charge is 0.203 e. The normalized spacial score (nSPS) is 10.2. The first-order valence-corrected chi connectivity index (χ1v) is 7.08. The average Bonchev–Trinajstić information content (AvgIpc) is 2.59. The maximum absolute atomic E-state index is 11.7. The molecule has 0 amide bonds. The third-order valence-corrected chi connectivity index (χ3v) is 3.54. The fourth-order valence-corrected chi connectivity index (χ4v) is 2.37. The third kappa shape index (κ3) is 2.91. The lowest BCUT2D eigenvalue weighted by Gasteiger charge is -2.16. The van der Waals surface area contributed by atoms with Crippen molar-refractivity contribution in [2.24, 2.45) is 0 Å². The van der Waals surface area contributed by atoms with Gasteiger partial charge in [-0.2, -0.15) is 0 Å². The summed E-state index contributed by atoms with van der Waals surface area (Å²) in [6, 6.07) is 11.2. The van der Waals surface area contributed by atoms with Crippen molar-refractivity contribution in [3.8, 4) is 28.4 Å². The minimum absolute atomic E-state index is 0.130. The molecule has 0 aromatic heterocycles. The van der Waals surface area contributed by atoms with E-state index in [0.717, 1.165) is 11.1 Å². The zero-order chi connectivity index (χ0) is 16.1. The standard InChI is InChI=1S/C18H20O4/c1-5-15(19)13-8-6-12(7-9-13)14-10-11-16(20-2)18(22-4)17(14)21-3/h6-11H,5H2,1-4H3. The molecule has 0 aliphatic heterocycles. The Morgan fingerprint density at radius 2 is 1.50 bits per heavy atom. The topological polar surface area (TPSA) is 44.8 Å². The number of hydrogen-bond acceptors (Lipinski definition) is 4. The Morgan fingerprint density at radius 3 is 2.00 bits per heavy atom. The van der Waals surface area contributed by atoms with Gasteiger partial charge in [-0.25, -0.2) is 0 Å². The van der Waals surface area contributed by atoms with Gasteiger partial charge in [0.05, 0.1) is 21.3 Å². The molecule has 0 spiro atoms. The van der Waals surface area contributed by atoms with Gasteiger partial charge in [0.1, 0.15) is 0 Å². The number of carbonyl (C=O) groups excluding carboxylic acids is 1. The molecule has 4 nitrogen and oxygen atoms in total. The second kappa shape index (κ2) is 6.98. The molecule has 0 saturated carbocycles. The number of ketones is 1. The van der Waals surface area contributed by atoms with Crippen molar-refractivity contribution in [2.45, 2.75) is 13.3 Å². The van der Waals surface area contributed by atoms with Crippen molar-refractivity contribution < 1.29 is 19.0 Å². The predicted octanol–water partition coefficient (Wildman–Crippen LogP) is 3.97. The third-order valence-electron chi connectivity index (χ3n) is 3.54. The number of benzene rings is 2. The Morgan fingerprint density at radius 1 is 0.864 bits per heavy atom. The van der Waals surface area contributed by atoms with Crippen LogP contribution in [0.25, 0.3) is 11.1 Å². The molecule has 0 bridgehead atoms. The number of ether oxygens (including phenoxy) is 3. The van der Waals surface area contributed by atoms with Crippen LogP contribution in [-0.4, -0.2) is 27.1 Å². The van der Waals surface area contributed by atoms with E-state index in [9.17, 15) is 4.79 Å². The van der Waals surface area contributed by atoms with Gasteiger partial charge < -0.3 is 14.2 Å². The Kier molecular flexibility index (Phi) is 5.04. The molecule has 0 aliphatic carbocycles. The van der Waals surface area contributed by atoms with Crippen LogP contribution in [0.2, 0.25) is 0 Å². The summed E-state index contributed by atoms with van der Waals surface area (Å²) in [4.78, 5) is 11.7. The van der Waals surface area contributed by atoms with Crippen LogP contribution in [0.15, 0.2) is 36.4 Å². The molecule has 0 N–H and O–H groups in total. The van der Waals surface area contributed by atoms with E-state index >= 15 is 0 Å². The summed E-state index contributed by atoms with van der Waals surface area (Å²) < 4.78 is 16.2. The van der Waals surface area contributed by atoms with E-state index in [1.165, 1.54) is 0 Å². The molecule has 2 rings (SSSR count). The molecule has 0 fully saturated rings. The van der Waals surface area contributed by atoms with Crippen molar-refractivity contribution in [1.82, 2.24) is 0 Å². The first-order chi connectivity index (χ1) is 10.7. The fourth-order valence-electron chi connectivity index (χ4n) is 2.37. The molecule has 0 unspecified atom stereocenters. The van der Waals surface area contributed by atoms with Crippen LogP contribution < -0.4 is 14.2 Å². The summed E-state index contributed by atoms with van der Waals surface area (Å²) in [5.41, 5.74) is 2.55. The highest BCUT2D eigenvalue weighted by molar-refractivity contribution is 5.96. The molecule has 2 aromatic rings. The van der Waals surface area contributed by atoms with Crippen molar-refractivity contribution >= 4 is 5.78 Å². The highest BCUT2D eigenvalue weighted by Gasteiger charge is 2.17. The van der Waals surface area contributed by atoms with Gasteiger partial charge in [0, 0.05) is 17.5 Å². The second-order valence-corrected chi connectivity index (χ2v) is 4.74. The predicted molar refractivity (Wildman–Crippen MR) is 86.2 cm³/mol. The van der Waals surface area contributed by atoms with E-state index < -0.39 is 0 Å². The molecule has 0 atom stereocenters. The van der Waals surface area contributed by atoms with E-state index in [2.05, 4.69) is 0 Å². The van der Waals surface area contributed by atoms with Gasteiger partial charge in [-0.15, -0.1) is 0 Å². The zero-order valence-electron chi connectivity index (χ0n) is 13.3. The van der Waals surface area contributed by atoms with E-state index in [0.29, 0.717) is 29.2 Å². The monoisotopic (exact) mass is 300 g/mol. The van der Waals surface area contributed by atoms with Crippen LogP contribution >= 0.6 is 0 Å². The number of carbonyl (C=O) groups is 1. The van der Waals surface area contributed by atoms with Crippen molar-refractivity contribution in [3.05, 3.63) is 42.0 Å². The van der Waals surface area contributed by atoms with Gasteiger partial charge in [0.15, 0.2) is 17.3 Å². The van der Waals surface area contributed by atoms with Crippen LogP contribution in [0.5, 0.6) is 17.2 Å². The van der Waals surface area contributed by atoms with E-state index in [1.807, 2.05) is 43.3 Å². The number of rotatable bonds is 6. The second-order valence-electron chi connectivity index (χ2n) is 4.74. The van der Waals surface area contributed by atoms with Crippen LogP contribution in [0.3, 0.4) is 0 Å². The molecule has 0 saturated heterocycles. The first-order valence-electron chi connectivity index (χ1n) is 7.08. The molecular formula is C18H20O4. The zero-order valence-corrected chi connectivity index (χ0v) is 13.3. The molecule has 22 heavy (non-hydrogen) atoms. The minimum atomic E-state index is 0.130. The number of Topliss-reactive ketones (excluding diaryl/α,β-unsaturated/α-hetero) is 1. The summed E-state index contributed by atoms with van der Waals surface area (Å²) in [5.74, 6) is 1.90. The fraction of sp³-hybridized carbons (Fsp3) is 0.278. The molecule has 2 aromatic carbocycles. The molecule has 0 aliphatic rings. The number of methoxy groups -OCH3 is 3. The lowest BCUT2D eigenvalue weighted by Crippen LogP contribution is -1.98. The Hall–Kier alpha value is -2.49. The van der Waals surface area contributed by atoms with E-state index in [4.69, 9.17) is 14.2 Å². The van der Waals surface area contributed by atoms with Gasteiger partial charge in [0.25, 0.3) is 0 Å². The average molecular weight is 300 g/mol. The first kappa shape index (κ1) is 15.9. The van der Waals surface area contributed by atoms with Gasteiger partial charge in [-0.05, 0) is 17.7 Å². The summed E-state index contributed by atoms with van der Waals surface area (Å²) >= 11 is 0. The van der Waals surface area contributed by atoms with E-state index in [-0.39, 0.29) is 5.78 Å². The van der Waals surface area contributed by atoms with Crippen LogP contribution in [0, 0.1) is 0 Å². The summed E-state index contributed by atoms with van der Waals surface area (Å²) in [6.07, 6.45) is 0.499. The highest BCUT2D eigenvalue weighted by Crippen LogP contribution is 2.44. The molecule has 0 radical (unpaired) electrons. The molecule has 0 heterocycles. The van der Waals surface area contributed by atoms with Crippen LogP contribution in [-0.2, 0) is 0 Å². The van der Waals surface area contributed by atoms with Crippen LogP contribution in [0.1, 0.15) is 23.7 Å². The van der Waals surface area contributed by atoms with Crippen molar-refractivity contribution in [3.63, 3.8) is 0 Å². The van der Waals surface area contributed by atoms with Crippen molar-refractivity contribution in [2.75, 3.05) is 21.3 Å². The Bertz CT molecular complexity index is 660. The van der Waals surface area contributed by atoms with Gasteiger partial charge in [-0.3, -0.25) is 4.79 Å². The SMILES string of the molecule is CCC(=O)c1ccc(-c2ccc(OC)c(OC)c2OC)cc1. The van der Waals surface area contributed by atoms with Gasteiger partial charge in [-0.1, -0.05) is 31.2 Å². The molecular weight excluding hydrogens is 280 g/mol.